The predicted octanol–water partition coefficient (Wildman–Crippen LogP) is 1.74. The van der Waals surface area contributed by atoms with E-state index < -0.39 is 6.04 Å². The zero-order chi connectivity index (χ0) is 16.8. The number of hydrogen-bond donors (Lipinski definition) is 2. The lowest BCUT2D eigenvalue weighted by molar-refractivity contribution is -0.123. The van der Waals surface area contributed by atoms with Gasteiger partial charge in [0.25, 0.3) is 0 Å². The van der Waals surface area contributed by atoms with Crippen LogP contribution < -0.4 is 16.0 Å². The van der Waals surface area contributed by atoms with E-state index in [4.69, 9.17) is 5.73 Å². The van der Waals surface area contributed by atoms with E-state index in [0.29, 0.717) is 6.42 Å². The molecule has 0 saturated carbocycles. The van der Waals surface area contributed by atoms with Crippen molar-refractivity contribution in [2.24, 2.45) is 5.73 Å². The average Bonchev–Trinajstić information content (AvgIpc) is 2.64. The zero-order valence-electron chi connectivity index (χ0n) is 13.8. The fraction of sp³-hybridized carbons (Fsp3) is 0.368. The quantitative estimate of drug-likeness (QED) is 0.879. The summed E-state index contributed by atoms with van der Waals surface area (Å²) in [4.78, 5) is 18.9. The van der Waals surface area contributed by atoms with Crippen LogP contribution in [0.25, 0.3) is 0 Å². The SMILES string of the molecule is N[C@@H](Cc1ccccc1)C(=O)NC1CCN(c2ccccn2)CC1. The van der Waals surface area contributed by atoms with Crippen LogP contribution >= 0.6 is 0 Å². The molecule has 3 rings (SSSR count). The molecule has 1 aromatic heterocycles. The van der Waals surface area contributed by atoms with Crippen LogP contribution in [0.3, 0.4) is 0 Å². The van der Waals surface area contributed by atoms with Gasteiger partial charge in [0.15, 0.2) is 0 Å². The van der Waals surface area contributed by atoms with Crippen molar-refractivity contribution in [2.75, 3.05) is 18.0 Å². The fourth-order valence-corrected chi connectivity index (χ4v) is 3.06. The van der Waals surface area contributed by atoms with Crippen LogP contribution in [0.15, 0.2) is 54.7 Å². The van der Waals surface area contributed by atoms with Crippen molar-refractivity contribution < 1.29 is 4.79 Å². The summed E-state index contributed by atoms with van der Waals surface area (Å²) in [6.45, 7) is 1.80. The van der Waals surface area contributed by atoms with Gasteiger partial charge in [-0.1, -0.05) is 36.4 Å². The summed E-state index contributed by atoms with van der Waals surface area (Å²) in [5, 5.41) is 3.10. The molecule has 0 spiro atoms. The normalized spacial score (nSPS) is 16.6. The second kappa shape index (κ2) is 7.93. The van der Waals surface area contributed by atoms with E-state index in [1.807, 2.05) is 54.7 Å². The van der Waals surface area contributed by atoms with Gasteiger partial charge in [-0.2, -0.15) is 0 Å². The molecule has 0 unspecified atom stereocenters. The van der Waals surface area contributed by atoms with Gasteiger partial charge in [0.05, 0.1) is 6.04 Å². The van der Waals surface area contributed by atoms with E-state index in [-0.39, 0.29) is 11.9 Å². The lowest BCUT2D eigenvalue weighted by Crippen LogP contribution is -2.50. The number of nitrogens with one attached hydrogen (secondary N) is 1. The predicted molar refractivity (Wildman–Crippen MR) is 95.7 cm³/mol. The van der Waals surface area contributed by atoms with Crippen molar-refractivity contribution in [1.29, 1.82) is 0 Å². The monoisotopic (exact) mass is 324 g/mol. The Morgan fingerprint density at radius 2 is 1.88 bits per heavy atom. The smallest absolute Gasteiger partial charge is 0.237 e. The fourth-order valence-electron chi connectivity index (χ4n) is 3.06. The number of aromatic nitrogens is 1. The number of piperidine rings is 1. The van der Waals surface area contributed by atoms with E-state index in [9.17, 15) is 4.79 Å². The molecule has 1 aliphatic rings. The second-order valence-corrected chi connectivity index (χ2v) is 6.25. The number of anilines is 1. The molecular formula is C19H24N4O. The Balaban J connectivity index is 1.46. The molecule has 0 bridgehead atoms. The highest BCUT2D eigenvalue weighted by Crippen LogP contribution is 2.17. The summed E-state index contributed by atoms with van der Waals surface area (Å²) in [5.41, 5.74) is 7.14. The Kier molecular flexibility index (Phi) is 5.43. The van der Waals surface area contributed by atoms with Crippen LogP contribution in [-0.2, 0) is 11.2 Å². The minimum atomic E-state index is -0.499. The Morgan fingerprint density at radius 1 is 1.17 bits per heavy atom. The summed E-state index contributed by atoms with van der Waals surface area (Å²) in [6, 6.07) is 15.5. The molecule has 1 atom stereocenters. The highest BCUT2D eigenvalue weighted by atomic mass is 16.2. The maximum Gasteiger partial charge on any atom is 0.237 e. The minimum absolute atomic E-state index is 0.0601. The molecule has 126 valence electrons. The van der Waals surface area contributed by atoms with Crippen LogP contribution in [0, 0.1) is 0 Å². The first-order chi connectivity index (χ1) is 11.7. The van der Waals surface area contributed by atoms with Gasteiger partial charge in [-0.3, -0.25) is 4.79 Å². The maximum atomic E-state index is 12.3. The number of pyridine rings is 1. The number of hydrogen-bond acceptors (Lipinski definition) is 4. The highest BCUT2D eigenvalue weighted by molar-refractivity contribution is 5.82. The van der Waals surface area contributed by atoms with Gasteiger partial charge in [-0.25, -0.2) is 4.98 Å². The summed E-state index contributed by atoms with van der Waals surface area (Å²) in [5.74, 6) is 0.943. The van der Waals surface area contributed by atoms with Gasteiger partial charge < -0.3 is 16.0 Å². The maximum absolute atomic E-state index is 12.3. The third kappa shape index (κ3) is 4.32. The van der Waals surface area contributed by atoms with Crippen molar-refractivity contribution in [3.05, 3.63) is 60.3 Å². The van der Waals surface area contributed by atoms with Gasteiger partial charge in [0.2, 0.25) is 5.91 Å². The van der Waals surface area contributed by atoms with Crippen molar-refractivity contribution in [2.45, 2.75) is 31.3 Å². The van der Waals surface area contributed by atoms with Gasteiger partial charge in [0.1, 0.15) is 5.82 Å². The van der Waals surface area contributed by atoms with Crippen LogP contribution in [0.4, 0.5) is 5.82 Å². The van der Waals surface area contributed by atoms with Gasteiger partial charge in [0, 0.05) is 25.3 Å². The van der Waals surface area contributed by atoms with Crippen molar-refractivity contribution in [3.8, 4) is 0 Å². The summed E-state index contributed by atoms with van der Waals surface area (Å²) >= 11 is 0. The molecule has 1 fully saturated rings. The Labute approximate surface area is 142 Å². The number of nitrogens with zero attached hydrogens (tertiary/aromatic N) is 2. The van der Waals surface area contributed by atoms with Gasteiger partial charge in [-0.15, -0.1) is 0 Å². The van der Waals surface area contributed by atoms with Gasteiger partial charge >= 0.3 is 0 Å². The van der Waals surface area contributed by atoms with Crippen LogP contribution in [0.5, 0.6) is 0 Å². The topological polar surface area (TPSA) is 71.2 Å². The van der Waals surface area contributed by atoms with E-state index in [0.717, 1.165) is 37.3 Å². The number of amides is 1. The molecule has 0 aliphatic carbocycles. The number of carbonyl (C=O) groups excluding carboxylic acids is 1. The number of rotatable bonds is 5. The Morgan fingerprint density at radius 3 is 2.54 bits per heavy atom. The number of benzene rings is 1. The summed E-state index contributed by atoms with van der Waals surface area (Å²) in [7, 11) is 0. The molecule has 1 saturated heterocycles. The molecule has 1 aromatic carbocycles. The van der Waals surface area contributed by atoms with Crippen molar-refractivity contribution in [3.63, 3.8) is 0 Å². The third-order valence-corrected chi connectivity index (χ3v) is 4.45. The highest BCUT2D eigenvalue weighted by Gasteiger charge is 2.23. The van der Waals surface area contributed by atoms with Gasteiger partial charge in [-0.05, 0) is 37.0 Å². The van der Waals surface area contributed by atoms with E-state index in [1.54, 1.807) is 0 Å². The number of carbonyl (C=O) groups is 1. The van der Waals surface area contributed by atoms with E-state index >= 15 is 0 Å². The van der Waals surface area contributed by atoms with E-state index in [2.05, 4.69) is 15.2 Å². The van der Waals surface area contributed by atoms with Crippen LogP contribution in [-0.4, -0.2) is 36.1 Å². The summed E-state index contributed by atoms with van der Waals surface area (Å²) < 4.78 is 0. The van der Waals surface area contributed by atoms with Crippen LogP contribution in [0.2, 0.25) is 0 Å². The third-order valence-electron chi connectivity index (χ3n) is 4.45. The first-order valence-corrected chi connectivity index (χ1v) is 8.48. The largest absolute Gasteiger partial charge is 0.356 e. The molecule has 5 heteroatoms. The number of nitrogens with two attached hydrogens (primary N) is 1. The molecule has 2 aromatic rings. The Hall–Kier alpha value is -2.40. The second-order valence-electron chi connectivity index (χ2n) is 6.25. The minimum Gasteiger partial charge on any atom is -0.356 e. The molecule has 3 N–H and O–H groups in total. The van der Waals surface area contributed by atoms with Crippen molar-refractivity contribution in [1.82, 2.24) is 10.3 Å². The zero-order valence-corrected chi connectivity index (χ0v) is 13.8. The molecule has 0 radical (unpaired) electrons. The first kappa shape index (κ1) is 16.5. The molecular weight excluding hydrogens is 300 g/mol. The lowest BCUT2D eigenvalue weighted by atomic mass is 10.0. The molecule has 5 nitrogen and oxygen atoms in total. The average molecular weight is 324 g/mol. The van der Waals surface area contributed by atoms with E-state index in [1.165, 1.54) is 0 Å². The molecule has 1 aliphatic heterocycles. The standard InChI is InChI=1S/C19H24N4O/c20-17(14-15-6-2-1-3-7-15)19(24)22-16-9-12-23(13-10-16)18-8-4-5-11-21-18/h1-8,11,16-17H,9-10,12-14,20H2,(H,22,24)/t17-/m0/s1. The van der Waals surface area contributed by atoms with Crippen LogP contribution in [0.1, 0.15) is 18.4 Å². The molecule has 2 heterocycles. The lowest BCUT2D eigenvalue weighted by Gasteiger charge is -2.33. The first-order valence-electron chi connectivity index (χ1n) is 8.48. The summed E-state index contributed by atoms with van der Waals surface area (Å²) in [6.07, 6.45) is 4.21. The van der Waals surface area contributed by atoms with Crippen molar-refractivity contribution >= 4 is 11.7 Å². The Bertz CT molecular complexity index is 639. The molecule has 24 heavy (non-hydrogen) atoms. The molecule has 1 amide bonds.